The Hall–Kier alpha value is -4.30. The zero-order chi connectivity index (χ0) is 35.5. The molecular formula is C36H36F4N2O6S. The van der Waals surface area contributed by atoms with Crippen LogP contribution >= 0.6 is 0 Å². The molecule has 0 radical (unpaired) electrons. The Balaban J connectivity index is 1.53. The first-order valence-corrected chi connectivity index (χ1v) is 17.2. The molecule has 0 heterocycles. The molecule has 0 atom stereocenters. The van der Waals surface area contributed by atoms with Crippen LogP contribution in [0.1, 0.15) is 72.1 Å². The van der Waals surface area contributed by atoms with Crippen LogP contribution in [0.15, 0.2) is 77.7 Å². The van der Waals surface area contributed by atoms with Crippen molar-refractivity contribution in [3.05, 3.63) is 124 Å². The standard InChI is InChI=1S/C36H36F4N2O6S/c1-22-7-14-28(15-8-22)49(47,48)41(20-26-17-30(37)34(39)35(40)33(26)38)21-32(44)42(27-13-16-29(36(45)46)31(43)18-27)19-23-9-11-25(12-10-23)24-5-3-2-4-6-24/h7-18,24,36,43,45-46H,2-6,19-21H2,1H3. The van der Waals surface area contributed by atoms with E-state index in [4.69, 9.17) is 0 Å². The molecule has 0 aliphatic heterocycles. The minimum atomic E-state index is -4.63. The second kappa shape index (κ2) is 15.1. The fourth-order valence-electron chi connectivity index (χ4n) is 6.00. The summed E-state index contributed by atoms with van der Waals surface area (Å²) in [6.45, 7) is -0.418. The lowest BCUT2D eigenvalue weighted by Gasteiger charge is -2.28. The van der Waals surface area contributed by atoms with E-state index in [0.29, 0.717) is 27.4 Å². The highest BCUT2D eigenvalue weighted by molar-refractivity contribution is 7.89. The molecule has 5 rings (SSSR count). The van der Waals surface area contributed by atoms with E-state index >= 15 is 0 Å². The van der Waals surface area contributed by atoms with Crippen molar-refractivity contribution in [3.63, 3.8) is 0 Å². The van der Waals surface area contributed by atoms with Gasteiger partial charge >= 0.3 is 0 Å². The molecule has 0 bridgehead atoms. The molecule has 0 unspecified atom stereocenters. The first kappa shape index (κ1) is 36.0. The zero-order valence-electron chi connectivity index (χ0n) is 26.6. The number of amides is 1. The van der Waals surface area contributed by atoms with Gasteiger partial charge in [-0.25, -0.2) is 26.0 Å². The minimum Gasteiger partial charge on any atom is -0.507 e. The van der Waals surface area contributed by atoms with Crippen molar-refractivity contribution < 1.29 is 46.1 Å². The number of carbonyl (C=O) groups is 1. The number of anilines is 1. The summed E-state index contributed by atoms with van der Waals surface area (Å²) < 4.78 is 85.3. The number of sulfonamides is 1. The average molecular weight is 701 g/mol. The van der Waals surface area contributed by atoms with E-state index in [9.17, 15) is 46.1 Å². The van der Waals surface area contributed by atoms with E-state index in [1.807, 2.05) is 24.3 Å². The van der Waals surface area contributed by atoms with E-state index < -0.39 is 69.9 Å². The Kier molecular flexibility index (Phi) is 11.1. The largest absolute Gasteiger partial charge is 0.507 e. The fraction of sp³-hybridized carbons (Fsp3) is 0.306. The van der Waals surface area contributed by atoms with Crippen molar-refractivity contribution in [1.29, 1.82) is 0 Å². The molecule has 0 saturated heterocycles. The van der Waals surface area contributed by atoms with E-state index in [1.165, 1.54) is 42.8 Å². The van der Waals surface area contributed by atoms with Crippen LogP contribution in [0.3, 0.4) is 0 Å². The van der Waals surface area contributed by atoms with Crippen molar-refractivity contribution in [2.45, 2.75) is 69.2 Å². The summed E-state index contributed by atoms with van der Waals surface area (Å²) in [5, 5.41) is 29.7. The van der Waals surface area contributed by atoms with Crippen molar-refractivity contribution in [2.75, 3.05) is 11.4 Å². The minimum absolute atomic E-state index is 0.0565. The molecule has 0 spiro atoms. The number of nitrogens with zero attached hydrogens (tertiary/aromatic N) is 2. The fourth-order valence-corrected chi connectivity index (χ4v) is 7.37. The predicted molar refractivity (Wildman–Crippen MR) is 174 cm³/mol. The number of hydrogen-bond acceptors (Lipinski definition) is 6. The lowest BCUT2D eigenvalue weighted by molar-refractivity contribution is -0.119. The number of carbonyl (C=O) groups excluding carboxylic acids is 1. The molecule has 1 fully saturated rings. The number of phenolic OH excluding ortho intramolecular Hbond substituents is 1. The Bertz CT molecular complexity index is 1920. The van der Waals surface area contributed by atoms with Crippen molar-refractivity contribution in [3.8, 4) is 5.75 Å². The summed E-state index contributed by atoms with van der Waals surface area (Å²) in [7, 11) is -4.63. The van der Waals surface area contributed by atoms with E-state index in [1.54, 1.807) is 6.92 Å². The summed E-state index contributed by atoms with van der Waals surface area (Å²) >= 11 is 0. The highest BCUT2D eigenvalue weighted by Gasteiger charge is 2.32. The molecule has 0 aromatic heterocycles. The van der Waals surface area contributed by atoms with Crippen molar-refractivity contribution in [2.24, 2.45) is 0 Å². The maximum Gasteiger partial charge on any atom is 0.243 e. The molecule has 13 heteroatoms. The van der Waals surface area contributed by atoms with E-state index in [-0.39, 0.29) is 22.7 Å². The van der Waals surface area contributed by atoms with Crippen LogP contribution in [-0.4, -0.2) is 40.5 Å². The highest BCUT2D eigenvalue weighted by Crippen LogP contribution is 2.34. The number of aliphatic hydroxyl groups excluding tert-OH is 1. The number of phenols is 1. The third-order valence-electron chi connectivity index (χ3n) is 8.80. The van der Waals surface area contributed by atoms with Gasteiger partial charge in [0, 0.05) is 29.4 Å². The predicted octanol–water partition coefficient (Wildman–Crippen LogP) is 6.71. The summed E-state index contributed by atoms with van der Waals surface area (Å²) in [5.74, 6) is -8.77. The molecule has 1 aliphatic carbocycles. The van der Waals surface area contributed by atoms with Crippen LogP contribution in [0, 0.1) is 30.2 Å². The molecule has 260 valence electrons. The van der Waals surface area contributed by atoms with Crippen LogP contribution in [0.2, 0.25) is 0 Å². The molecule has 1 saturated carbocycles. The number of aromatic hydroxyl groups is 1. The average Bonchev–Trinajstić information content (AvgIpc) is 3.08. The van der Waals surface area contributed by atoms with Crippen LogP contribution in [-0.2, 0) is 27.9 Å². The van der Waals surface area contributed by atoms with Crippen LogP contribution in [0.5, 0.6) is 5.75 Å². The van der Waals surface area contributed by atoms with Crippen molar-refractivity contribution in [1.82, 2.24) is 4.31 Å². The number of rotatable bonds is 11. The lowest BCUT2D eigenvalue weighted by Crippen LogP contribution is -2.42. The summed E-state index contributed by atoms with van der Waals surface area (Å²) in [6, 6.07) is 17.0. The number of halogens is 4. The van der Waals surface area contributed by atoms with Gasteiger partial charge in [-0.3, -0.25) is 4.79 Å². The smallest absolute Gasteiger partial charge is 0.243 e. The Morgan fingerprint density at radius 2 is 1.49 bits per heavy atom. The molecule has 4 aromatic carbocycles. The molecule has 3 N–H and O–H groups in total. The first-order chi connectivity index (χ1) is 23.3. The monoisotopic (exact) mass is 700 g/mol. The van der Waals surface area contributed by atoms with Gasteiger partial charge in [-0.15, -0.1) is 0 Å². The topological polar surface area (TPSA) is 118 Å². The van der Waals surface area contributed by atoms with Gasteiger partial charge in [-0.1, -0.05) is 61.2 Å². The van der Waals surface area contributed by atoms with Crippen LogP contribution in [0.4, 0.5) is 23.2 Å². The second-order valence-electron chi connectivity index (χ2n) is 12.2. The molecule has 1 aliphatic rings. The first-order valence-electron chi connectivity index (χ1n) is 15.7. The van der Waals surface area contributed by atoms with Gasteiger partial charge in [0.05, 0.1) is 18.0 Å². The van der Waals surface area contributed by atoms with Gasteiger partial charge in [0.1, 0.15) is 5.75 Å². The Morgan fingerprint density at radius 1 is 0.837 bits per heavy atom. The molecule has 49 heavy (non-hydrogen) atoms. The maximum atomic E-state index is 14.8. The third-order valence-corrected chi connectivity index (χ3v) is 10.6. The summed E-state index contributed by atoms with van der Waals surface area (Å²) in [4.78, 5) is 15.0. The highest BCUT2D eigenvalue weighted by atomic mass is 32.2. The summed E-state index contributed by atoms with van der Waals surface area (Å²) in [6.07, 6.45) is 3.59. The number of hydrogen-bond donors (Lipinski definition) is 3. The van der Waals surface area contributed by atoms with Gasteiger partial charge in [-0.05, 0) is 67.1 Å². The Labute approximate surface area is 281 Å². The van der Waals surface area contributed by atoms with Gasteiger partial charge in [-0.2, -0.15) is 4.31 Å². The maximum absolute atomic E-state index is 14.8. The van der Waals surface area contributed by atoms with Crippen LogP contribution < -0.4 is 4.90 Å². The third kappa shape index (κ3) is 8.13. The number of aliphatic hydroxyl groups is 2. The SMILES string of the molecule is Cc1ccc(S(=O)(=O)N(CC(=O)N(Cc2ccc(C3CCCCC3)cc2)c2ccc(C(O)O)c(O)c2)Cc2cc(F)c(F)c(F)c2F)cc1. The van der Waals surface area contributed by atoms with Gasteiger partial charge in [0.2, 0.25) is 15.9 Å². The van der Waals surface area contributed by atoms with Crippen LogP contribution in [0.25, 0.3) is 0 Å². The normalized spacial score (nSPS) is 14.1. The quantitative estimate of drug-likeness (QED) is 0.0693. The molecule has 4 aromatic rings. The summed E-state index contributed by atoms with van der Waals surface area (Å²) in [5.41, 5.74) is 1.47. The molecule has 1 amide bonds. The molecular weight excluding hydrogens is 664 g/mol. The number of aryl methyl sites for hydroxylation is 1. The lowest BCUT2D eigenvalue weighted by atomic mass is 9.84. The second-order valence-corrected chi connectivity index (χ2v) is 14.2. The molecule has 8 nitrogen and oxygen atoms in total. The zero-order valence-corrected chi connectivity index (χ0v) is 27.4. The van der Waals surface area contributed by atoms with Crippen molar-refractivity contribution >= 4 is 21.6 Å². The van der Waals surface area contributed by atoms with E-state index in [0.717, 1.165) is 42.2 Å². The van der Waals surface area contributed by atoms with Gasteiger partial charge in [0.15, 0.2) is 29.6 Å². The Morgan fingerprint density at radius 3 is 2.10 bits per heavy atom. The van der Waals surface area contributed by atoms with E-state index in [2.05, 4.69) is 0 Å². The number of benzene rings is 4. The van der Waals surface area contributed by atoms with Gasteiger partial charge < -0.3 is 20.2 Å². The van der Waals surface area contributed by atoms with Gasteiger partial charge in [0.25, 0.3) is 0 Å².